The van der Waals surface area contributed by atoms with Crippen molar-refractivity contribution in [2.24, 2.45) is 0 Å². The molecule has 27 heavy (non-hydrogen) atoms. The van der Waals surface area contributed by atoms with Gasteiger partial charge in [0.15, 0.2) is 0 Å². The standard InChI is InChI=1S/C21H24N4O2/c1-15(19-13-17-6-2-3-7-18(17)27-19)24-21(26)23-14-16-8-9-22-20(12-16)25-10-4-5-11-25/h2-3,6-9,12-13,15H,4-5,10-11,14H2,1H3,(H2,23,24,26). The third kappa shape index (κ3) is 4.05. The molecule has 1 saturated heterocycles. The zero-order chi connectivity index (χ0) is 18.6. The quantitative estimate of drug-likeness (QED) is 0.718. The molecule has 0 saturated carbocycles. The van der Waals surface area contributed by atoms with Crippen LogP contribution in [0.4, 0.5) is 10.6 Å². The largest absolute Gasteiger partial charge is 0.459 e. The lowest BCUT2D eigenvalue weighted by Gasteiger charge is -2.17. The molecule has 1 aromatic carbocycles. The van der Waals surface area contributed by atoms with Crippen LogP contribution in [0, 0.1) is 0 Å². The number of aromatic nitrogens is 1. The second-order valence-corrected chi connectivity index (χ2v) is 6.95. The van der Waals surface area contributed by atoms with Gasteiger partial charge in [0.2, 0.25) is 0 Å². The number of benzene rings is 1. The second-order valence-electron chi connectivity index (χ2n) is 6.95. The number of fused-ring (bicyclic) bond motifs is 1. The van der Waals surface area contributed by atoms with E-state index in [9.17, 15) is 4.79 Å². The summed E-state index contributed by atoms with van der Waals surface area (Å²) < 4.78 is 5.81. The number of pyridine rings is 1. The maximum Gasteiger partial charge on any atom is 0.315 e. The fourth-order valence-corrected chi connectivity index (χ4v) is 3.41. The highest BCUT2D eigenvalue weighted by atomic mass is 16.3. The van der Waals surface area contributed by atoms with Crippen LogP contribution in [0.3, 0.4) is 0 Å². The van der Waals surface area contributed by atoms with E-state index in [-0.39, 0.29) is 12.1 Å². The van der Waals surface area contributed by atoms with E-state index in [0.29, 0.717) is 6.54 Å². The highest BCUT2D eigenvalue weighted by molar-refractivity contribution is 5.78. The van der Waals surface area contributed by atoms with Gasteiger partial charge in [-0.3, -0.25) is 0 Å². The number of hydrogen-bond donors (Lipinski definition) is 2. The summed E-state index contributed by atoms with van der Waals surface area (Å²) in [7, 11) is 0. The summed E-state index contributed by atoms with van der Waals surface area (Å²) in [5.74, 6) is 1.73. The Bertz CT molecular complexity index is 898. The SMILES string of the molecule is CC(NC(=O)NCc1ccnc(N2CCCC2)c1)c1cc2ccccc2o1. The van der Waals surface area contributed by atoms with Crippen molar-refractivity contribution in [1.82, 2.24) is 15.6 Å². The first-order valence-corrected chi connectivity index (χ1v) is 9.42. The van der Waals surface area contributed by atoms with Crippen molar-refractivity contribution in [3.8, 4) is 0 Å². The summed E-state index contributed by atoms with van der Waals surface area (Å²) in [6.07, 6.45) is 4.23. The van der Waals surface area contributed by atoms with Crippen molar-refractivity contribution in [3.05, 3.63) is 60.0 Å². The number of nitrogens with one attached hydrogen (secondary N) is 2. The van der Waals surface area contributed by atoms with Gasteiger partial charge in [-0.1, -0.05) is 18.2 Å². The van der Waals surface area contributed by atoms with Crippen molar-refractivity contribution in [2.75, 3.05) is 18.0 Å². The zero-order valence-electron chi connectivity index (χ0n) is 15.4. The molecule has 3 heterocycles. The molecule has 0 bridgehead atoms. The zero-order valence-corrected chi connectivity index (χ0v) is 15.4. The van der Waals surface area contributed by atoms with Crippen LogP contribution in [0.15, 0.2) is 53.1 Å². The maximum atomic E-state index is 12.3. The molecule has 140 valence electrons. The minimum atomic E-state index is -0.220. The fourth-order valence-electron chi connectivity index (χ4n) is 3.41. The number of rotatable bonds is 5. The van der Waals surface area contributed by atoms with E-state index in [1.54, 1.807) is 6.20 Å². The highest BCUT2D eigenvalue weighted by Gasteiger charge is 2.15. The molecule has 2 aromatic heterocycles. The Morgan fingerprint density at radius 3 is 2.85 bits per heavy atom. The van der Waals surface area contributed by atoms with E-state index < -0.39 is 0 Å². The van der Waals surface area contributed by atoms with Gasteiger partial charge in [-0.25, -0.2) is 9.78 Å². The number of anilines is 1. The van der Waals surface area contributed by atoms with Gasteiger partial charge in [-0.2, -0.15) is 0 Å². The van der Waals surface area contributed by atoms with Crippen molar-refractivity contribution < 1.29 is 9.21 Å². The van der Waals surface area contributed by atoms with Crippen molar-refractivity contribution in [2.45, 2.75) is 32.4 Å². The lowest BCUT2D eigenvalue weighted by atomic mass is 10.2. The molecule has 1 unspecified atom stereocenters. The van der Waals surface area contributed by atoms with Crippen molar-refractivity contribution in [3.63, 3.8) is 0 Å². The van der Waals surface area contributed by atoms with Crippen LogP contribution in [0.5, 0.6) is 0 Å². The number of urea groups is 1. The number of para-hydroxylation sites is 1. The number of carbonyl (C=O) groups is 1. The van der Waals surface area contributed by atoms with Crippen LogP contribution in [0.1, 0.15) is 37.1 Å². The van der Waals surface area contributed by atoms with E-state index in [4.69, 9.17) is 4.42 Å². The lowest BCUT2D eigenvalue weighted by Crippen LogP contribution is -2.36. The lowest BCUT2D eigenvalue weighted by molar-refractivity contribution is 0.236. The Kier molecular flexibility index (Phi) is 4.96. The van der Waals surface area contributed by atoms with Crippen LogP contribution in [-0.4, -0.2) is 24.1 Å². The topological polar surface area (TPSA) is 70.4 Å². The molecule has 6 nitrogen and oxygen atoms in total. The minimum absolute atomic E-state index is 0.213. The van der Waals surface area contributed by atoms with E-state index >= 15 is 0 Å². The van der Waals surface area contributed by atoms with Gasteiger partial charge >= 0.3 is 6.03 Å². The van der Waals surface area contributed by atoms with Crippen LogP contribution in [0.2, 0.25) is 0 Å². The summed E-state index contributed by atoms with van der Waals surface area (Å²) in [5.41, 5.74) is 1.87. The molecule has 2 amide bonds. The van der Waals surface area contributed by atoms with Gasteiger partial charge < -0.3 is 20.0 Å². The molecular formula is C21H24N4O2. The Balaban J connectivity index is 1.33. The van der Waals surface area contributed by atoms with E-state index in [1.807, 2.05) is 49.4 Å². The Morgan fingerprint density at radius 2 is 2.04 bits per heavy atom. The van der Waals surface area contributed by atoms with Gasteiger partial charge in [0.1, 0.15) is 17.2 Å². The number of furan rings is 1. The molecule has 0 aliphatic carbocycles. The molecule has 3 aromatic rings. The maximum absolute atomic E-state index is 12.3. The van der Waals surface area contributed by atoms with E-state index in [0.717, 1.165) is 41.2 Å². The van der Waals surface area contributed by atoms with Gasteiger partial charge in [0.25, 0.3) is 0 Å². The molecule has 4 rings (SSSR count). The molecule has 1 aliphatic rings. The minimum Gasteiger partial charge on any atom is -0.459 e. The molecule has 2 N–H and O–H groups in total. The van der Waals surface area contributed by atoms with Crippen molar-refractivity contribution >= 4 is 22.8 Å². The highest BCUT2D eigenvalue weighted by Crippen LogP contribution is 2.23. The number of carbonyl (C=O) groups excluding carboxylic acids is 1. The molecule has 0 spiro atoms. The smallest absolute Gasteiger partial charge is 0.315 e. The van der Waals surface area contributed by atoms with Crippen molar-refractivity contribution in [1.29, 1.82) is 0 Å². The number of hydrogen-bond acceptors (Lipinski definition) is 4. The van der Waals surface area contributed by atoms with Crippen LogP contribution in [-0.2, 0) is 6.54 Å². The monoisotopic (exact) mass is 364 g/mol. The average molecular weight is 364 g/mol. The molecular weight excluding hydrogens is 340 g/mol. The first kappa shape index (κ1) is 17.4. The Labute approximate surface area is 158 Å². The van der Waals surface area contributed by atoms with Crippen LogP contribution >= 0.6 is 0 Å². The fraction of sp³-hybridized carbons (Fsp3) is 0.333. The van der Waals surface area contributed by atoms with E-state index in [1.165, 1.54) is 12.8 Å². The third-order valence-corrected chi connectivity index (χ3v) is 4.91. The molecule has 6 heteroatoms. The second kappa shape index (κ2) is 7.70. The third-order valence-electron chi connectivity index (χ3n) is 4.91. The summed E-state index contributed by atoms with van der Waals surface area (Å²) in [5, 5.41) is 6.88. The van der Waals surface area contributed by atoms with Gasteiger partial charge in [-0.05, 0) is 49.6 Å². The Hall–Kier alpha value is -3.02. The average Bonchev–Trinajstić information content (AvgIpc) is 3.36. The van der Waals surface area contributed by atoms with Gasteiger partial charge in [-0.15, -0.1) is 0 Å². The normalized spacial score (nSPS) is 15.1. The summed E-state index contributed by atoms with van der Waals surface area (Å²) in [6, 6.07) is 13.3. The predicted molar refractivity (Wildman–Crippen MR) is 106 cm³/mol. The van der Waals surface area contributed by atoms with E-state index in [2.05, 4.69) is 20.5 Å². The molecule has 1 aliphatic heterocycles. The first-order chi connectivity index (χ1) is 13.2. The first-order valence-electron chi connectivity index (χ1n) is 9.42. The molecule has 1 fully saturated rings. The summed E-state index contributed by atoms with van der Waals surface area (Å²) in [4.78, 5) is 19.0. The Morgan fingerprint density at radius 1 is 1.22 bits per heavy atom. The van der Waals surface area contributed by atoms with Gasteiger partial charge in [0.05, 0.1) is 6.04 Å². The van der Waals surface area contributed by atoms with Crippen LogP contribution < -0.4 is 15.5 Å². The van der Waals surface area contributed by atoms with Gasteiger partial charge in [0, 0.05) is 31.2 Å². The molecule has 1 atom stereocenters. The summed E-state index contributed by atoms with van der Waals surface area (Å²) in [6.45, 7) is 4.48. The summed E-state index contributed by atoms with van der Waals surface area (Å²) >= 11 is 0. The number of amides is 2. The van der Waals surface area contributed by atoms with Crippen LogP contribution in [0.25, 0.3) is 11.0 Å². The number of nitrogens with zero attached hydrogens (tertiary/aromatic N) is 2. The molecule has 0 radical (unpaired) electrons. The predicted octanol–water partition coefficient (Wildman–Crippen LogP) is 3.99.